The Kier molecular flexibility index (Phi) is 6.93. The van der Waals surface area contributed by atoms with E-state index in [2.05, 4.69) is 23.6 Å². The predicted octanol–water partition coefficient (Wildman–Crippen LogP) is 3.85. The van der Waals surface area contributed by atoms with Crippen LogP contribution in [0, 0.1) is 6.92 Å². The minimum absolute atomic E-state index is 0.0616. The van der Waals surface area contributed by atoms with E-state index in [-0.39, 0.29) is 18.4 Å². The van der Waals surface area contributed by atoms with Crippen molar-refractivity contribution in [2.45, 2.75) is 57.9 Å². The fourth-order valence-corrected chi connectivity index (χ4v) is 4.83. The summed E-state index contributed by atoms with van der Waals surface area (Å²) in [5.74, 6) is 0.159. The lowest BCUT2D eigenvalue weighted by Gasteiger charge is -2.22. The summed E-state index contributed by atoms with van der Waals surface area (Å²) in [6.07, 6.45) is 4.63. The van der Waals surface area contributed by atoms with Crippen molar-refractivity contribution >= 4 is 17.8 Å². The fourth-order valence-electron chi connectivity index (χ4n) is 4.83. The van der Waals surface area contributed by atoms with Crippen molar-refractivity contribution in [2.24, 2.45) is 0 Å². The molecule has 3 heterocycles. The van der Waals surface area contributed by atoms with E-state index in [1.807, 2.05) is 24.3 Å². The molecule has 2 amide bonds. The molecule has 0 fully saturated rings. The normalized spacial score (nSPS) is 17.5. The van der Waals surface area contributed by atoms with E-state index in [4.69, 9.17) is 4.98 Å². The van der Waals surface area contributed by atoms with Gasteiger partial charge >= 0.3 is 12.0 Å². The van der Waals surface area contributed by atoms with Crippen molar-refractivity contribution in [2.75, 3.05) is 25.0 Å². The summed E-state index contributed by atoms with van der Waals surface area (Å²) in [5.41, 5.74) is 5.77. The number of carbonyl (C=O) groups is 2. The molecule has 0 bridgehead atoms. The average molecular weight is 437 g/mol. The fraction of sp³-hybridized carbons (Fsp3) is 0.480. The Labute approximate surface area is 189 Å². The number of nitrogens with zero attached hydrogens (tertiary/aromatic N) is 2. The van der Waals surface area contributed by atoms with Gasteiger partial charge in [0.25, 0.3) is 0 Å². The van der Waals surface area contributed by atoms with Crippen LogP contribution in [-0.4, -0.2) is 46.6 Å². The van der Waals surface area contributed by atoms with Gasteiger partial charge in [0.15, 0.2) is 0 Å². The van der Waals surface area contributed by atoms with E-state index < -0.39 is 5.97 Å². The highest BCUT2D eigenvalue weighted by Crippen LogP contribution is 2.31. The maximum atomic E-state index is 12.8. The lowest BCUT2D eigenvalue weighted by molar-refractivity contribution is -0.137. The number of carbonyl (C=O) groups excluding carboxylic acids is 1. The van der Waals surface area contributed by atoms with E-state index in [1.165, 1.54) is 11.1 Å². The third-order valence-electron chi connectivity index (χ3n) is 6.49. The van der Waals surface area contributed by atoms with E-state index >= 15 is 0 Å². The van der Waals surface area contributed by atoms with Crippen molar-refractivity contribution in [1.29, 1.82) is 0 Å². The third kappa shape index (κ3) is 5.21. The van der Waals surface area contributed by atoms with Gasteiger partial charge in [0.2, 0.25) is 0 Å². The van der Waals surface area contributed by atoms with Crippen LogP contribution in [-0.2, 0) is 24.2 Å². The summed E-state index contributed by atoms with van der Waals surface area (Å²) in [5, 5.41) is 15.7. The van der Waals surface area contributed by atoms with E-state index in [0.717, 1.165) is 54.9 Å². The Bertz CT molecular complexity index is 991. The van der Waals surface area contributed by atoms with E-state index in [1.54, 1.807) is 4.90 Å². The van der Waals surface area contributed by atoms with Gasteiger partial charge in [-0.25, -0.2) is 9.78 Å². The van der Waals surface area contributed by atoms with Crippen LogP contribution < -0.4 is 10.6 Å². The zero-order valence-corrected chi connectivity index (χ0v) is 18.7. The topological polar surface area (TPSA) is 94.6 Å². The maximum absolute atomic E-state index is 12.8. The molecule has 2 aliphatic heterocycles. The lowest BCUT2D eigenvalue weighted by Crippen LogP contribution is -2.40. The summed E-state index contributed by atoms with van der Waals surface area (Å²) < 4.78 is 0. The first-order chi connectivity index (χ1) is 15.5. The molecular formula is C25H32N4O3. The van der Waals surface area contributed by atoms with Crippen LogP contribution in [0.15, 0.2) is 30.3 Å². The number of aliphatic carboxylic acids is 1. The smallest absolute Gasteiger partial charge is 0.317 e. The molecule has 7 nitrogen and oxygen atoms in total. The Hall–Kier alpha value is -3.09. The minimum atomic E-state index is -0.802. The van der Waals surface area contributed by atoms with E-state index in [9.17, 15) is 14.7 Å². The molecule has 1 aromatic heterocycles. The van der Waals surface area contributed by atoms with Gasteiger partial charge in [-0.15, -0.1) is 0 Å². The first-order valence-electron chi connectivity index (χ1n) is 11.6. The van der Waals surface area contributed by atoms with Crippen LogP contribution >= 0.6 is 0 Å². The number of hydrogen-bond acceptors (Lipinski definition) is 4. The Morgan fingerprint density at radius 3 is 3.00 bits per heavy atom. The molecule has 170 valence electrons. The zero-order valence-electron chi connectivity index (χ0n) is 18.7. The van der Waals surface area contributed by atoms with Gasteiger partial charge in [-0.3, -0.25) is 4.79 Å². The first-order valence-corrected chi connectivity index (χ1v) is 11.6. The predicted molar refractivity (Wildman–Crippen MR) is 124 cm³/mol. The highest BCUT2D eigenvalue weighted by molar-refractivity contribution is 5.74. The zero-order chi connectivity index (χ0) is 22.5. The van der Waals surface area contributed by atoms with Crippen LogP contribution in [0.3, 0.4) is 0 Å². The molecule has 7 heteroatoms. The van der Waals surface area contributed by atoms with Crippen molar-refractivity contribution in [3.05, 3.63) is 58.3 Å². The van der Waals surface area contributed by atoms with Crippen LogP contribution in [0.25, 0.3) is 0 Å². The number of benzene rings is 1. The number of urea groups is 1. The summed E-state index contributed by atoms with van der Waals surface area (Å²) in [6, 6.07) is 9.95. The summed E-state index contributed by atoms with van der Waals surface area (Å²) >= 11 is 0. The molecule has 0 radical (unpaired) electrons. The van der Waals surface area contributed by atoms with Crippen molar-refractivity contribution in [1.82, 2.24) is 15.2 Å². The number of hydrogen-bond donors (Lipinski definition) is 3. The molecule has 0 aliphatic carbocycles. The second-order valence-electron chi connectivity index (χ2n) is 8.83. The van der Waals surface area contributed by atoms with Crippen LogP contribution in [0.2, 0.25) is 0 Å². The third-order valence-corrected chi connectivity index (χ3v) is 6.49. The van der Waals surface area contributed by atoms with Crippen LogP contribution in [0.5, 0.6) is 0 Å². The molecule has 1 aromatic carbocycles. The molecular weight excluding hydrogens is 404 g/mol. The highest BCUT2D eigenvalue weighted by atomic mass is 16.4. The van der Waals surface area contributed by atoms with Gasteiger partial charge in [0.05, 0.1) is 6.42 Å². The van der Waals surface area contributed by atoms with Crippen molar-refractivity contribution in [3.63, 3.8) is 0 Å². The number of pyridine rings is 1. The van der Waals surface area contributed by atoms with Gasteiger partial charge < -0.3 is 20.6 Å². The standard InChI is InChI=1S/C25H32N4O3/c1-17-14-20(28-24-21(17)9-5-11-26-24)7-4-12-27-25(32)29-13-10-18(15-23(30)31)22-8-3-2-6-19(22)16-29/h2-3,6,8,14,18H,4-5,7,9-13,15-16H2,1H3,(H,26,28)(H,27,32)(H,30,31). The number of carboxylic acids is 1. The number of amides is 2. The van der Waals surface area contributed by atoms with E-state index in [0.29, 0.717) is 26.1 Å². The molecule has 0 saturated heterocycles. The lowest BCUT2D eigenvalue weighted by atomic mass is 9.90. The molecule has 0 spiro atoms. The Balaban J connectivity index is 1.31. The van der Waals surface area contributed by atoms with Crippen LogP contribution in [0.1, 0.15) is 59.5 Å². The maximum Gasteiger partial charge on any atom is 0.317 e. The first kappa shape index (κ1) is 22.1. The quantitative estimate of drug-likeness (QED) is 0.598. The SMILES string of the molecule is Cc1cc(CCCNC(=O)N2CCC(CC(=O)O)c3ccccc3C2)nc2c1CCCN2. The Morgan fingerprint density at radius 2 is 2.16 bits per heavy atom. The summed E-state index contributed by atoms with van der Waals surface area (Å²) in [7, 11) is 0. The molecule has 2 aliphatic rings. The van der Waals surface area contributed by atoms with Gasteiger partial charge in [0, 0.05) is 31.9 Å². The molecule has 32 heavy (non-hydrogen) atoms. The minimum Gasteiger partial charge on any atom is -0.481 e. The van der Waals surface area contributed by atoms with Crippen LogP contribution in [0.4, 0.5) is 10.6 Å². The largest absolute Gasteiger partial charge is 0.481 e. The number of carboxylic acid groups (broad SMARTS) is 1. The molecule has 1 unspecified atom stereocenters. The van der Waals surface area contributed by atoms with Gasteiger partial charge in [0.1, 0.15) is 5.82 Å². The second-order valence-corrected chi connectivity index (χ2v) is 8.83. The molecule has 4 rings (SSSR count). The summed E-state index contributed by atoms with van der Waals surface area (Å²) in [6.45, 7) is 4.77. The average Bonchev–Trinajstić information content (AvgIpc) is 2.96. The molecule has 1 atom stereocenters. The summed E-state index contributed by atoms with van der Waals surface area (Å²) in [4.78, 5) is 30.7. The Morgan fingerprint density at radius 1 is 1.31 bits per heavy atom. The van der Waals surface area contributed by atoms with Gasteiger partial charge in [-0.05, 0) is 73.3 Å². The number of aryl methyl sites for hydroxylation is 2. The molecule has 3 N–H and O–H groups in total. The monoisotopic (exact) mass is 436 g/mol. The number of rotatable bonds is 6. The molecule has 2 aromatic rings. The number of aromatic nitrogens is 1. The number of anilines is 1. The highest BCUT2D eigenvalue weighted by Gasteiger charge is 2.26. The van der Waals surface area contributed by atoms with Crippen molar-refractivity contribution < 1.29 is 14.7 Å². The van der Waals surface area contributed by atoms with Crippen molar-refractivity contribution in [3.8, 4) is 0 Å². The second kappa shape index (κ2) is 10.0. The number of nitrogens with one attached hydrogen (secondary N) is 2. The molecule has 0 saturated carbocycles. The number of fused-ring (bicyclic) bond motifs is 2. The van der Waals surface area contributed by atoms with Gasteiger partial charge in [-0.2, -0.15) is 0 Å². The van der Waals surface area contributed by atoms with Gasteiger partial charge in [-0.1, -0.05) is 24.3 Å².